The largest absolute Gasteiger partial charge is 0.493 e. The Hall–Kier alpha value is -3.95. The molecule has 0 unspecified atom stereocenters. The van der Waals surface area contributed by atoms with E-state index in [1.54, 1.807) is 30.3 Å². The van der Waals surface area contributed by atoms with Crippen molar-refractivity contribution in [3.05, 3.63) is 48.0 Å². The molecule has 1 saturated heterocycles. The first-order chi connectivity index (χ1) is 14.9. The number of fused-ring (bicyclic) bond motifs is 1. The molecule has 2 aromatic rings. The summed E-state index contributed by atoms with van der Waals surface area (Å²) in [5, 5.41) is 11.8. The summed E-state index contributed by atoms with van der Waals surface area (Å²) in [6, 6.07) is 10.1. The minimum absolute atomic E-state index is 0.236. The van der Waals surface area contributed by atoms with Crippen LogP contribution in [0.1, 0.15) is 5.56 Å². The lowest BCUT2D eigenvalue weighted by molar-refractivity contribution is -0.123. The summed E-state index contributed by atoms with van der Waals surface area (Å²) in [6.07, 6.45) is 0. The summed E-state index contributed by atoms with van der Waals surface area (Å²) in [4.78, 5) is 39.4. The van der Waals surface area contributed by atoms with E-state index < -0.39 is 29.8 Å². The minimum atomic E-state index is -0.956. The molecule has 0 saturated carbocycles. The highest BCUT2D eigenvalue weighted by Gasteiger charge is 2.55. The first kappa shape index (κ1) is 20.3. The molecule has 3 amide bonds. The molecule has 10 heteroatoms. The molecule has 160 valence electrons. The standard InChI is InChI=1S/C21H21N5O5/c1-12-4-7-14(8-5-12)26-20(28)18-19(21(26)29)25(24-23-18)11-17(27)22-13-6-9-15(30-2)16(10-13)31-3/h4-10,18-19H,11H2,1-3H3,(H,22,27)/t18-,19+/m1/s1. The van der Waals surface area contributed by atoms with E-state index in [9.17, 15) is 14.4 Å². The zero-order chi connectivity index (χ0) is 22.1. The van der Waals surface area contributed by atoms with E-state index in [0.717, 1.165) is 10.5 Å². The number of hydrogen-bond donors (Lipinski definition) is 1. The Morgan fingerprint density at radius 1 is 1.03 bits per heavy atom. The molecule has 2 atom stereocenters. The van der Waals surface area contributed by atoms with E-state index in [-0.39, 0.29) is 6.54 Å². The SMILES string of the molecule is COc1ccc(NC(=O)CN2N=N[C@H]3C(=O)N(c4ccc(C)cc4)C(=O)[C@H]32)cc1OC. The zero-order valence-electron chi connectivity index (χ0n) is 17.2. The second-order valence-electron chi connectivity index (χ2n) is 7.16. The number of carbonyl (C=O) groups is 3. The van der Waals surface area contributed by atoms with Crippen molar-refractivity contribution in [2.24, 2.45) is 10.3 Å². The molecule has 0 spiro atoms. The Balaban J connectivity index is 1.46. The Labute approximate surface area is 178 Å². The van der Waals surface area contributed by atoms with Gasteiger partial charge in [-0.3, -0.25) is 19.4 Å². The van der Waals surface area contributed by atoms with Crippen LogP contribution in [-0.4, -0.2) is 55.6 Å². The van der Waals surface area contributed by atoms with Gasteiger partial charge < -0.3 is 14.8 Å². The molecule has 31 heavy (non-hydrogen) atoms. The molecule has 2 aromatic carbocycles. The smallest absolute Gasteiger partial charge is 0.263 e. The third kappa shape index (κ3) is 3.67. The molecule has 0 bridgehead atoms. The van der Waals surface area contributed by atoms with Gasteiger partial charge in [-0.05, 0) is 31.2 Å². The Morgan fingerprint density at radius 3 is 2.42 bits per heavy atom. The summed E-state index contributed by atoms with van der Waals surface area (Å²) < 4.78 is 10.4. The highest BCUT2D eigenvalue weighted by molar-refractivity contribution is 6.25. The van der Waals surface area contributed by atoms with Crippen LogP contribution in [-0.2, 0) is 14.4 Å². The van der Waals surface area contributed by atoms with Gasteiger partial charge in [0.25, 0.3) is 11.8 Å². The Kier molecular flexibility index (Phi) is 5.28. The van der Waals surface area contributed by atoms with Gasteiger partial charge in [-0.25, -0.2) is 4.90 Å². The topological polar surface area (TPSA) is 113 Å². The number of carbonyl (C=O) groups excluding carboxylic acids is 3. The number of benzene rings is 2. The molecular weight excluding hydrogens is 402 g/mol. The summed E-state index contributed by atoms with van der Waals surface area (Å²) in [7, 11) is 3.02. The van der Waals surface area contributed by atoms with Gasteiger partial charge in [0.05, 0.1) is 19.9 Å². The lowest BCUT2D eigenvalue weighted by atomic mass is 10.1. The number of amides is 3. The van der Waals surface area contributed by atoms with Crippen LogP contribution in [0.3, 0.4) is 0 Å². The van der Waals surface area contributed by atoms with Crippen molar-refractivity contribution in [3.63, 3.8) is 0 Å². The maximum Gasteiger partial charge on any atom is 0.263 e. The lowest BCUT2D eigenvalue weighted by Crippen LogP contribution is -2.43. The number of methoxy groups -OCH3 is 2. The van der Waals surface area contributed by atoms with Crippen LogP contribution in [0.15, 0.2) is 52.8 Å². The summed E-state index contributed by atoms with van der Waals surface area (Å²) in [5.74, 6) is -0.330. The Morgan fingerprint density at radius 2 is 1.74 bits per heavy atom. The highest BCUT2D eigenvalue weighted by atomic mass is 16.5. The predicted octanol–water partition coefficient (Wildman–Crippen LogP) is 1.94. The molecule has 4 rings (SSSR count). The van der Waals surface area contributed by atoms with Crippen LogP contribution in [0.2, 0.25) is 0 Å². The van der Waals surface area contributed by atoms with Gasteiger partial charge in [-0.2, -0.15) is 5.11 Å². The molecule has 2 heterocycles. The van der Waals surface area contributed by atoms with Crippen LogP contribution in [0, 0.1) is 6.92 Å². The van der Waals surface area contributed by atoms with Crippen LogP contribution in [0.5, 0.6) is 11.5 Å². The van der Waals surface area contributed by atoms with E-state index in [4.69, 9.17) is 9.47 Å². The van der Waals surface area contributed by atoms with Gasteiger partial charge in [0.15, 0.2) is 23.6 Å². The average molecular weight is 423 g/mol. The normalized spacial score (nSPS) is 19.6. The molecule has 2 aliphatic heterocycles. The number of aryl methyl sites for hydroxylation is 1. The number of anilines is 2. The minimum Gasteiger partial charge on any atom is -0.493 e. The summed E-state index contributed by atoms with van der Waals surface area (Å²) in [5.41, 5.74) is 1.97. The number of rotatable bonds is 6. The van der Waals surface area contributed by atoms with Crippen molar-refractivity contribution in [3.8, 4) is 11.5 Å². The number of nitrogens with one attached hydrogen (secondary N) is 1. The Bertz CT molecular complexity index is 1070. The first-order valence-electron chi connectivity index (χ1n) is 9.56. The van der Waals surface area contributed by atoms with Crippen LogP contribution in [0.25, 0.3) is 0 Å². The van der Waals surface area contributed by atoms with Crippen molar-refractivity contribution in [2.45, 2.75) is 19.0 Å². The highest BCUT2D eigenvalue weighted by Crippen LogP contribution is 2.32. The summed E-state index contributed by atoms with van der Waals surface area (Å²) in [6.45, 7) is 1.68. The van der Waals surface area contributed by atoms with Gasteiger partial charge in [-0.15, -0.1) is 0 Å². The van der Waals surface area contributed by atoms with E-state index in [1.807, 2.05) is 19.1 Å². The fourth-order valence-corrected chi connectivity index (χ4v) is 3.56. The molecule has 1 fully saturated rings. The fourth-order valence-electron chi connectivity index (χ4n) is 3.56. The van der Waals surface area contributed by atoms with Crippen molar-refractivity contribution < 1.29 is 23.9 Å². The lowest BCUT2D eigenvalue weighted by Gasteiger charge is -2.20. The van der Waals surface area contributed by atoms with Crippen LogP contribution >= 0.6 is 0 Å². The number of nitrogens with zero attached hydrogens (tertiary/aromatic N) is 4. The van der Waals surface area contributed by atoms with Gasteiger partial charge in [0.1, 0.15) is 6.54 Å². The van der Waals surface area contributed by atoms with Crippen LogP contribution in [0.4, 0.5) is 11.4 Å². The van der Waals surface area contributed by atoms with Crippen molar-refractivity contribution in [2.75, 3.05) is 31.0 Å². The monoisotopic (exact) mass is 423 g/mol. The summed E-state index contributed by atoms with van der Waals surface area (Å²) >= 11 is 0. The molecule has 0 aromatic heterocycles. The predicted molar refractivity (Wildman–Crippen MR) is 111 cm³/mol. The van der Waals surface area contributed by atoms with Crippen LogP contribution < -0.4 is 19.7 Å². The zero-order valence-corrected chi connectivity index (χ0v) is 17.2. The second kappa shape index (κ2) is 8.05. The number of ether oxygens (including phenoxy) is 2. The molecule has 10 nitrogen and oxygen atoms in total. The molecule has 2 aliphatic rings. The maximum absolute atomic E-state index is 13.0. The third-order valence-electron chi connectivity index (χ3n) is 5.12. The average Bonchev–Trinajstić information content (AvgIpc) is 3.28. The fraction of sp³-hybridized carbons (Fsp3) is 0.286. The van der Waals surface area contributed by atoms with Crippen molar-refractivity contribution in [1.82, 2.24) is 5.01 Å². The molecule has 0 radical (unpaired) electrons. The van der Waals surface area contributed by atoms with E-state index in [1.165, 1.54) is 19.2 Å². The molecule has 1 N–H and O–H groups in total. The number of hydrogen-bond acceptors (Lipinski definition) is 8. The van der Waals surface area contributed by atoms with Gasteiger partial charge in [0, 0.05) is 11.8 Å². The van der Waals surface area contributed by atoms with E-state index >= 15 is 0 Å². The first-order valence-corrected chi connectivity index (χ1v) is 9.56. The quantitative estimate of drug-likeness (QED) is 0.711. The van der Waals surface area contributed by atoms with Crippen molar-refractivity contribution >= 4 is 29.1 Å². The molecular formula is C21H21N5O5. The van der Waals surface area contributed by atoms with Crippen molar-refractivity contribution in [1.29, 1.82) is 0 Å². The maximum atomic E-state index is 13.0. The van der Waals surface area contributed by atoms with Gasteiger partial charge in [0.2, 0.25) is 5.91 Å². The second-order valence-corrected chi connectivity index (χ2v) is 7.16. The van der Waals surface area contributed by atoms with E-state index in [2.05, 4.69) is 15.7 Å². The van der Waals surface area contributed by atoms with Gasteiger partial charge >= 0.3 is 0 Å². The van der Waals surface area contributed by atoms with E-state index in [0.29, 0.717) is 22.9 Å². The van der Waals surface area contributed by atoms with Gasteiger partial charge in [-0.1, -0.05) is 22.9 Å². The molecule has 0 aliphatic carbocycles. The third-order valence-corrected chi connectivity index (χ3v) is 5.12. The number of imide groups is 1.